The van der Waals surface area contributed by atoms with E-state index in [4.69, 9.17) is 32.7 Å². The average molecular weight is 498 g/mol. The zero-order valence-corrected chi connectivity index (χ0v) is 19.3. The Balaban J connectivity index is 1.80. The van der Waals surface area contributed by atoms with E-state index in [1.54, 1.807) is 18.2 Å². The van der Waals surface area contributed by atoms with Gasteiger partial charge < -0.3 is 14.8 Å². The molecule has 34 heavy (non-hydrogen) atoms. The average Bonchev–Trinajstić information content (AvgIpc) is 2.83. The minimum Gasteiger partial charge on any atom is -0.493 e. The number of hydrogen-bond donors (Lipinski definition) is 1. The number of non-ortho nitro benzene ring substituents is 1. The third kappa shape index (κ3) is 6.04. The summed E-state index contributed by atoms with van der Waals surface area (Å²) in [5.74, 6) is 0.128. The Morgan fingerprint density at radius 2 is 1.79 bits per heavy atom. The number of amides is 1. The summed E-state index contributed by atoms with van der Waals surface area (Å²) in [4.78, 5) is 22.9. The normalized spacial score (nSPS) is 10.8. The molecule has 0 unspecified atom stereocenters. The highest BCUT2D eigenvalue weighted by Crippen LogP contribution is 2.35. The number of ether oxygens (including phenoxy) is 2. The molecule has 3 rings (SSSR count). The molecule has 0 radical (unpaired) electrons. The van der Waals surface area contributed by atoms with Crippen LogP contribution in [0.5, 0.6) is 11.5 Å². The van der Waals surface area contributed by atoms with E-state index in [1.165, 1.54) is 13.2 Å². The van der Waals surface area contributed by atoms with E-state index < -0.39 is 10.8 Å². The first-order valence-electron chi connectivity index (χ1n) is 9.73. The van der Waals surface area contributed by atoms with Crippen molar-refractivity contribution in [3.05, 3.63) is 97.5 Å². The fourth-order valence-corrected chi connectivity index (χ4v) is 3.48. The van der Waals surface area contributed by atoms with Gasteiger partial charge in [-0.3, -0.25) is 14.9 Å². The van der Waals surface area contributed by atoms with Crippen LogP contribution in [0.2, 0.25) is 10.0 Å². The number of nitro benzene ring substituents is 1. The first kappa shape index (κ1) is 24.6. The molecule has 0 bridgehead atoms. The lowest BCUT2D eigenvalue weighted by molar-refractivity contribution is -0.384. The summed E-state index contributed by atoms with van der Waals surface area (Å²) in [5, 5.41) is 22.6. The highest BCUT2D eigenvalue weighted by atomic mass is 35.5. The molecule has 0 spiro atoms. The molecule has 0 atom stereocenters. The molecule has 0 aliphatic heterocycles. The number of nitro groups is 1. The zero-order valence-electron chi connectivity index (χ0n) is 17.7. The van der Waals surface area contributed by atoms with Gasteiger partial charge in [-0.25, -0.2) is 0 Å². The molecule has 10 heteroatoms. The topological polar surface area (TPSA) is 114 Å². The summed E-state index contributed by atoms with van der Waals surface area (Å²) >= 11 is 12.1. The standard InChI is InChI=1S/C24H17Cl2N3O5/c1-33-22-10-16(7-8-21(22)34-14-15-5-3-2-4-6-15)9-17(13-27)24(30)28-23-19(25)11-18(29(31)32)12-20(23)26/h2-12H,14H2,1H3,(H,28,30)/b17-9+. The van der Waals surface area contributed by atoms with Crippen LogP contribution in [0.25, 0.3) is 6.08 Å². The van der Waals surface area contributed by atoms with Gasteiger partial charge in [-0.1, -0.05) is 59.6 Å². The van der Waals surface area contributed by atoms with Crippen molar-refractivity contribution in [3.63, 3.8) is 0 Å². The van der Waals surface area contributed by atoms with Crippen LogP contribution < -0.4 is 14.8 Å². The molecule has 1 amide bonds. The Kier molecular flexibility index (Phi) is 8.09. The van der Waals surface area contributed by atoms with E-state index in [-0.39, 0.29) is 27.0 Å². The largest absolute Gasteiger partial charge is 0.493 e. The molecule has 0 saturated carbocycles. The second-order valence-corrected chi connectivity index (χ2v) is 7.66. The third-order valence-electron chi connectivity index (χ3n) is 4.58. The molecule has 1 N–H and O–H groups in total. The molecule has 0 heterocycles. The lowest BCUT2D eigenvalue weighted by Crippen LogP contribution is -2.14. The van der Waals surface area contributed by atoms with Gasteiger partial charge in [-0.15, -0.1) is 0 Å². The van der Waals surface area contributed by atoms with Crippen molar-refractivity contribution >= 4 is 46.6 Å². The van der Waals surface area contributed by atoms with Gasteiger partial charge >= 0.3 is 0 Å². The Hall–Kier alpha value is -4.06. The molecule has 0 aliphatic rings. The number of rotatable bonds is 8. The molecular formula is C24H17Cl2N3O5. The van der Waals surface area contributed by atoms with Crippen molar-refractivity contribution in [1.82, 2.24) is 0 Å². The number of hydrogen-bond acceptors (Lipinski definition) is 6. The maximum absolute atomic E-state index is 12.6. The van der Waals surface area contributed by atoms with Crippen molar-refractivity contribution < 1.29 is 19.2 Å². The van der Waals surface area contributed by atoms with E-state index >= 15 is 0 Å². The van der Waals surface area contributed by atoms with Crippen molar-refractivity contribution in [3.8, 4) is 17.6 Å². The van der Waals surface area contributed by atoms with Crippen LogP contribution in [-0.4, -0.2) is 17.9 Å². The monoisotopic (exact) mass is 497 g/mol. The number of nitriles is 1. The minimum absolute atomic E-state index is 0.0395. The van der Waals surface area contributed by atoms with Crippen LogP contribution in [0, 0.1) is 21.4 Å². The van der Waals surface area contributed by atoms with Crippen LogP contribution in [0.1, 0.15) is 11.1 Å². The summed E-state index contributed by atoms with van der Waals surface area (Å²) in [7, 11) is 1.48. The van der Waals surface area contributed by atoms with Crippen LogP contribution >= 0.6 is 23.2 Å². The van der Waals surface area contributed by atoms with E-state index in [2.05, 4.69) is 5.32 Å². The molecule has 172 valence electrons. The second kappa shape index (κ2) is 11.2. The van der Waals surface area contributed by atoms with Crippen LogP contribution in [0.3, 0.4) is 0 Å². The number of nitrogens with one attached hydrogen (secondary N) is 1. The van der Waals surface area contributed by atoms with Crippen LogP contribution in [0.15, 0.2) is 66.2 Å². The smallest absolute Gasteiger partial charge is 0.272 e. The van der Waals surface area contributed by atoms with E-state index in [9.17, 15) is 20.2 Å². The Morgan fingerprint density at radius 1 is 1.12 bits per heavy atom. The van der Waals surface area contributed by atoms with Gasteiger partial charge in [0.1, 0.15) is 18.2 Å². The highest BCUT2D eigenvalue weighted by Gasteiger charge is 2.18. The highest BCUT2D eigenvalue weighted by molar-refractivity contribution is 6.40. The maximum atomic E-state index is 12.6. The first-order valence-corrected chi connectivity index (χ1v) is 10.5. The molecule has 8 nitrogen and oxygen atoms in total. The van der Waals surface area contributed by atoms with Gasteiger partial charge in [0.15, 0.2) is 11.5 Å². The van der Waals surface area contributed by atoms with Gasteiger partial charge in [0.05, 0.1) is 27.8 Å². The molecule has 0 aromatic heterocycles. The molecule has 0 aliphatic carbocycles. The number of nitrogens with zero attached hydrogens (tertiary/aromatic N) is 2. The van der Waals surface area contributed by atoms with E-state index in [0.29, 0.717) is 23.7 Å². The fraction of sp³-hybridized carbons (Fsp3) is 0.0833. The van der Waals surface area contributed by atoms with Gasteiger partial charge in [-0.2, -0.15) is 5.26 Å². The van der Waals surface area contributed by atoms with Crippen LogP contribution in [0.4, 0.5) is 11.4 Å². The minimum atomic E-state index is -0.788. The van der Waals surface area contributed by atoms with Crippen molar-refractivity contribution in [2.75, 3.05) is 12.4 Å². The van der Waals surface area contributed by atoms with Gasteiger partial charge in [0, 0.05) is 12.1 Å². The lowest BCUT2D eigenvalue weighted by Gasteiger charge is -2.12. The Bertz CT molecular complexity index is 1280. The van der Waals surface area contributed by atoms with Crippen LogP contribution in [-0.2, 0) is 11.4 Å². The number of benzene rings is 3. The second-order valence-electron chi connectivity index (χ2n) is 6.85. The SMILES string of the molecule is COc1cc(/C=C(\C#N)C(=O)Nc2c(Cl)cc([N+](=O)[O-])cc2Cl)ccc1OCc1ccccc1. The summed E-state index contributed by atoms with van der Waals surface area (Å²) in [6.45, 7) is 0.342. The fourth-order valence-electron chi connectivity index (χ4n) is 2.91. The predicted molar refractivity (Wildman–Crippen MR) is 129 cm³/mol. The molecule has 3 aromatic carbocycles. The Morgan fingerprint density at radius 3 is 2.38 bits per heavy atom. The predicted octanol–water partition coefficient (Wildman–Crippen LogP) is 6.03. The molecular weight excluding hydrogens is 481 g/mol. The van der Waals surface area contributed by atoms with E-state index in [1.807, 2.05) is 36.4 Å². The molecule has 0 fully saturated rings. The van der Waals surface area contributed by atoms with E-state index in [0.717, 1.165) is 17.7 Å². The summed E-state index contributed by atoms with van der Waals surface area (Å²) < 4.78 is 11.2. The quantitative estimate of drug-likeness (QED) is 0.175. The number of halogens is 2. The van der Waals surface area contributed by atoms with Gasteiger partial charge in [0.25, 0.3) is 11.6 Å². The first-order chi connectivity index (χ1) is 16.3. The maximum Gasteiger partial charge on any atom is 0.272 e. The number of methoxy groups -OCH3 is 1. The number of anilines is 1. The summed E-state index contributed by atoms with van der Waals surface area (Å²) in [6.07, 6.45) is 1.35. The summed E-state index contributed by atoms with van der Waals surface area (Å²) in [6, 6.07) is 18.5. The number of carbonyl (C=O) groups is 1. The molecule has 3 aromatic rings. The van der Waals surface area contributed by atoms with Crippen molar-refractivity contribution in [2.24, 2.45) is 0 Å². The lowest BCUT2D eigenvalue weighted by atomic mass is 10.1. The van der Waals surface area contributed by atoms with Crippen molar-refractivity contribution in [1.29, 1.82) is 5.26 Å². The van der Waals surface area contributed by atoms with Crippen molar-refractivity contribution in [2.45, 2.75) is 6.61 Å². The van der Waals surface area contributed by atoms with Gasteiger partial charge in [0.2, 0.25) is 0 Å². The van der Waals surface area contributed by atoms with Gasteiger partial charge in [-0.05, 0) is 29.3 Å². The molecule has 0 saturated heterocycles. The summed E-state index contributed by atoms with van der Waals surface area (Å²) in [5.41, 5.74) is 0.885. The Labute approximate surface area is 205 Å². The zero-order chi connectivity index (χ0) is 24.7. The third-order valence-corrected chi connectivity index (χ3v) is 5.17. The number of carbonyl (C=O) groups excluding carboxylic acids is 1.